The lowest BCUT2D eigenvalue weighted by molar-refractivity contribution is -0.142. The molecule has 0 rings (SSSR count). The number of hydrogen-bond donors (Lipinski definition) is 0. The SMILES string of the molecule is CC(C(=O)OC(C)C)=C([SiH2]CCC(C)C)C(C)C. The van der Waals surface area contributed by atoms with Gasteiger partial charge in [0.2, 0.25) is 0 Å². The van der Waals surface area contributed by atoms with Crippen molar-refractivity contribution < 1.29 is 9.53 Å². The molecule has 2 nitrogen and oxygen atoms in total. The van der Waals surface area contributed by atoms with Gasteiger partial charge in [0.25, 0.3) is 0 Å². The van der Waals surface area contributed by atoms with Crippen LogP contribution in [0.1, 0.15) is 54.9 Å². The van der Waals surface area contributed by atoms with Crippen LogP contribution in [0.5, 0.6) is 0 Å². The van der Waals surface area contributed by atoms with Crippen molar-refractivity contribution in [1.82, 2.24) is 0 Å². The molecule has 0 radical (unpaired) electrons. The van der Waals surface area contributed by atoms with E-state index < -0.39 is 0 Å². The van der Waals surface area contributed by atoms with Gasteiger partial charge in [-0.15, -0.1) is 0 Å². The molecule has 0 fully saturated rings. The zero-order chi connectivity index (χ0) is 14.3. The number of allylic oxidation sites excluding steroid dienone is 1. The maximum Gasteiger partial charge on any atom is 0.333 e. The Balaban J connectivity index is 4.68. The molecule has 106 valence electrons. The highest BCUT2D eigenvalue weighted by Gasteiger charge is 2.16. The van der Waals surface area contributed by atoms with Crippen LogP contribution in [0, 0.1) is 11.8 Å². The Morgan fingerprint density at radius 3 is 2.06 bits per heavy atom. The molecule has 0 saturated heterocycles. The van der Waals surface area contributed by atoms with Crippen molar-refractivity contribution in [3.63, 3.8) is 0 Å². The van der Waals surface area contributed by atoms with Crippen LogP contribution in [0.25, 0.3) is 0 Å². The van der Waals surface area contributed by atoms with Gasteiger partial charge in [-0.3, -0.25) is 0 Å². The van der Waals surface area contributed by atoms with Gasteiger partial charge in [-0.1, -0.05) is 45.4 Å². The minimum Gasteiger partial charge on any atom is -0.460 e. The Kier molecular flexibility index (Phi) is 8.24. The van der Waals surface area contributed by atoms with Crippen LogP contribution in [0.2, 0.25) is 6.04 Å². The molecular formula is C15H30O2Si. The average molecular weight is 270 g/mol. The molecule has 0 N–H and O–H groups in total. The minimum atomic E-state index is -0.310. The van der Waals surface area contributed by atoms with E-state index in [1.165, 1.54) is 17.7 Å². The summed E-state index contributed by atoms with van der Waals surface area (Å²) in [5, 5.41) is 1.39. The molecule has 3 heteroatoms. The van der Waals surface area contributed by atoms with Crippen molar-refractivity contribution in [2.24, 2.45) is 11.8 Å². The van der Waals surface area contributed by atoms with Crippen molar-refractivity contribution in [2.45, 2.75) is 67.0 Å². The molecule has 0 saturated carbocycles. The summed E-state index contributed by atoms with van der Waals surface area (Å²) in [7, 11) is -0.310. The zero-order valence-electron chi connectivity index (χ0n) is 13.2. The first-order chi connectivity index (χ1) is 8.25. The first kappa shape index (κ1) is 17.4. The van der Waals surface area contributed by atoms with Gasteiger partial charge in [0.15, 0.2) is 0 Å². The van der Waals surface area contributed by atoms with Crippen LogP contribution in [0.4, 0.5) is 0 Å². The third kappa shape index (κ3) is 6.99. The van der Waals surface area contributed by atoms with E-state index in [4.69, 9.17) is 4.74 Å². The van der Waals surface area contributed by atoms with Crippen molar-refractivity contribution in [1.29, 1.82) is 0 Å². The highest BCUT2D eigenvalue weighted by atomic mass is 28.2. The molecule has 0 atom stereocenters. The predicted molar refractivity (Wildman–Crippen MR) is 81.6 cm³/mol. The topological polar surface area (TPSA) is 26.3 Å². The van der Waals surface area contributed by atoms with Crippen LogP contribution in [-0.2, 0) is 9.53 Å². The summed E-state index contributed by atoms with van der Waals surface area (Å²) >= 11 is 0. The predicted octanol–water partition coefficient (Wildman–Crippen LogP) is 3.50. The molecule has 0 aliphatic carbocycles. The van der Waals surface area contributed by atoms with Gasteiger partial charge >= 0.3 is 5.97 Å². The molecule has 0 spiro atoms. The van der Waals surface area contributed by atoms with Gasteiger partial charge in [-0.2, -0.15) is 0 Å². The van der Waals surface area contributed by atoms with Crippen molar-refractivity contribution in [3.05, 3.63) is 10.8 Å². The molecular weight excluding hydrogens is 240 g/mol. The highest BCUT2D eigenvalue weighted by molar-refractivity contribution is 6.46. The molecule has 18 heavy (non-hydrogen) atoms. The summed E-state index contributed by atoms with van der Waals surface area (Å²) in [4.78, 5) is 11.9. The van der Waals surface area contributed by atoms with E-state index in [0.717, 1.165) is 11.5 Å². The second-order valence-electron chi connectivity index (χ2n) is 6.05. The van der Waals surface area contributed by atoms with Crippen molar-refractivity contribution >= 4 is 15.5 Å². The second kappa shape index (κ2) is 8.52. The quantitative estimate of drug-likeness (QED) is 0.402. The molecule has 0 amide bonds. The number of carbonyl (C=O) groups is 1. The van der Waals surface area contributed by atoms with E-state index in [1.807, 2.05) is 20.8 Å². The summed E-state index contributed by atoms with van der Waals surface area (Å²) < 4.78 is 5.30. The Labute approximate surface area is 115 Å². The molecule has 0 aromatic carbocycles. The summed E-state index contributed by atoms with van der Waals surface area (Å²) in [6.45, 7) is 14.6. The van der Waals surface area contributed by atoms with Crippen LogP contribution in [-0.4, -0.2) is 21.6 Å². The fourth-order valence-electron chi connectivity index (χ4n) is 2.04. The molecule has 0 bridgehead atoms. The number of carbonyl (C=O) groups excluding carboxylic acids is 1. The lowest BCUT2D eigenvalue weighted by Crippen LogP contribution is -2.17. The fourth-order valence-corrected chi connectivity index (χ4v) is 4.54. The largest absolute Gasteiger partial charge is 0.460 e. The zero-order valence-corrected chi connectivity index (χ0v) is 14.6. The van der Waals surface area contributed by atoms with Gasteiger partial charge in [0.05, 0.1) is 15.6 Å². The second-order valence-corrected chi connectivity index (χ2v) is 8.01. The number of ether oxygens (including phenoxy) is 1. The summed E-state index contributed by atoms with van der Waals surface area (Å²) in [5.74, 6) is 1.11. The van der Waals surface area contributed by atoms with Crippen LogP contribution >= 0.6 is 0 Å². The monoisotopic (exact) mass is 270 g/mol. The Morgan fingerprint density at radius 2 is 1.67 bits per heavy atom. The molecule has 0 aliphatic rings. The normalized spacial score (nSPS) is 13.9. The molecule has 0 aromatic heterocycles. The molecule has 0 heterocycles. The van der Waals surface area contributed by atoms with Crippen LogP contribution in [0.3, 0.4) is 0 Å². The summed E-state index contributed by atoms with van der Waals surface area (Å²) in [6.07, 6.45) is 1.24. The Morgan fingerprint density at radius 1 is 1.11 bits per heavy atom. The lowest BCUT2D eigenvalue weighted by Gasteiger charge is -2.17. The lowest BCUT2D eigenvalue weighted by atomic mass is 10.1. The molecule has 0 unspecified atom stereocenters. The molecule has 0 aromatic rings. The Bertz CT molecular complexity index is 291. The van der Waals surface area contributed by atoms with E-state index >= 15 is 0 Å². The van der Waals surface area contributed by atoms with Gasteiger partial charge < -0.3 is 4.74 Å². The average Bonchev–Trinajstić information content (AvgIpc) is 2.21. The third-order valence-electron chi connectivity index (χ3n) is 3.06. The maximum atomic E-state index is 11.9. The van der Waals surface area contributed by atoms with Gasteiger partial charge in [-0.05, 0) is 32.6 Å². The number of hydrogen-bond acceptors (Lipinski definition) is 2. The highest BCUT2D eigenvalue weighted by Crippen LogP contribution is 2.18. The van der Waals surface area contributed by atoms with Gasteiger partial charge in [-0.25, -0.2) is 4.79 Å². The smallest absolute Gasteiger partial charge is 0.333 e. The van der Waals surface area contributed by atoms with E-state index in [9.17, 15) is 4.79 Å². The van der Waals surface area contributed by atoms with E-state index in [2.05, 4.69) is 27.7 Å². The van der Waals surface area contributed by atoms with E-state index in [1.54, 1.807) is 0 Å². The van der Waals surface area contributed by atoms with E-state index in [0.29, 0.717) is 5.92 Å². The molecule has 0 aliphatic heterocycles. The van der Waals surface area contributed by atoms with Crippen LogP contribution < -0.4 is 0 Å². The van der Waals surface area contributed by atoms with Gasteiger partial charge in [0.1, 0.15) is 0 Å². The number of esters is 1. The Hall–Kier alpha value is -0.573. The van der Waals surface area contributed by atoms with Crippen LogP contribution in [0.15, 0.2) is 10.8 Å². The maximum absolute atomic E-state index is 11.9. The first-order valence-corrected chi connectivity index (χ1v) is 8.87. The van der Waals surface area contributed by atoms with E-state index in [-0.39, 0.29) is 21.6 Å². The third-order valence-corrected chi connectivity index (χ3v) is 5.70. The van der Waals surface area contributed by atoms with Crippen molar-refractivity contribution in [2.75, 3.05) is 0 Å². The van der Waals surface area contributed by atoms with Gasteiger partial charge in [0, 0.05) is 5.57 Å². The minimum absolute atomic E-state index is 0.0295. The summed E-state index contributed by atoms with van der Waals surface area (Å²) in [6, 6.07) is 1.29. The summed E-state index contributed by atoms with van der Waals surface area (Å²) in [5.41, 5.74) is 0.870. The first-order valence-electron chi connectivity index (χ1n) is 7.16. The standard InChI is InChI=1S/C15H30O2Si/c1-10(2)8-9-18-14(11(3)4)13(7)15(16)17-12(5)6/h10-12H,8-9,18H2,1-7H3. The van der Waals surface area contributed by atoms with Crippen molar-refractivity contribution in [3.8, 4) is 0 Å². The number of rotatable bonds is 7. The fraction of sp³-hybridized carbons (Fsp3) is 0.800.